The number of benzene rings is 1. The quantitative estimate of drug-likeness (QED) is 0.822. The molecule has 1 aromatic carbocycles. The molecule has 0 fully saturated rings. The van der Waals surface area contributed by atoms with Crippen LogP contribution in [0.1, 0.15) is 19.4 Å². The van der Waals surface area contributed by atoms with Gasteiger partial charge in [0.05, 0.1) is 11.9 Å². The first-order valence-corrected chi connectivity index (χ1v) is 7.47. The van der Waals surface area contributed by atoms with Crippen molar-refractivity contribution in [3.63, 3.8) is 0 Å². The topological polar surface area (TPSA) is 81.4 Å². The maximum absolute atomic E-state index is 11.6. The summed E-state index contributed by atoms with van der Waals surface area (Å²) in [6, 6.07) is 5.18. The maximum atomic E-state index is 11.6. The molecule has 0 heterocycles. The lowest BCUT2D eigenvalue weighted by Gasteiger charge is -2.14. The predicted octanol–water partition coefficient (Wildman–Crippen LogP) is 1.48. The molecule has 0 bridgehead atoms. The van der Waals surface area contributed by atoms with Gasteiger partial charge in [-0.15, -0.1) is 0 Å². The largest absolute Gasteiger partial charge is 0.491 e. The summed E-state index contributed by atoms with van der Waals surface area (Å²) < 4.78 is 31.2. The van der Waals surface area contributed by atoms with Crippen LogP contribution >= 0.6 is 0 Å². The standard InChI is InChI=1S/C12H20N2O3S/c1-9(2)17-12-5-4-11(8-10(12)3)14-18(15,16)7-6-13/h4-5,8-9,14H,6-7,13H2,1-3H3. The van der Waals surface area contributed by atoms with Crippen molar-refractivity contribution in [2.45, 2.75) is 26.9 Å². The van der Waals surface area contributed by atoms with Gasteiger partial charge in [-0.2, -0.15) is 0 Å². The minimum Gasteiger partial charge on any atom is -0.491 e. The van der Waals surface area contributed by atoms with Crippen LogP contribution in [0.25, 0.3) is 0 Å². The molecule has 0 atom stereocenters. The molecule has 102 valence electrons. The minimum atomic E-state index is -3.35. The number of anilines is 1. The van der Waals surface area contributed by atoms with Crippen molar-refractivity contribution in [1.29, 1.82) is 0 Å². The molecule has 0 radical (unpaired) electrons. The monoisotopic (exact) mass is 272 g/mol. The van der Waals surface area contributed by atoms with E-state index in [4.69, 9.17) is 10.5 Å². The Hall–Kier alpha value is -1.27. The predicted molar refractivity (Wildman–Crippen MR) is 73.4 cm³/mol. The van der Waals surface area contributed by atoms with Gasteiger partial charge in [-0.25, -0.2) is 8.42 Å². The second kappa shape index (κ2) is 6.06. The zero-order chi connectivity index (χ0) is 13.8. The highest BCUT2D eigenvalue weighted by Crippen LogP contribution is 2.23. The van der Waals surface area contributed by atoms with E-state index >= 15 is 0 Å². The van der Waals surface area contributed by atoms with Crippen LogP contribution in [0.5, 0.6) is 5.75 Å². The fraction of sp³-hybridized carbons (Fsp3) is 0.500. The minimum absolute atomic E-state index is 0.0866. The lowest BCUT2D eigenvalue weighted by Crippen LogP contribution is -2.22. The van der Waals surface area contributed by atoms with Gasteiger partial charge in [-0.1, -0.05) is 0 Å². The van der Waals surface area contributed by atoms with Crippen molar-refractivity contribution < 1.29 is 13.2 Å². The molecular weight excluding hydrogens is 252 g/mol. The second-order valence-corrected chi connectivity index (χ2v) is 6.20. The van der Waals surface area contributed by atoms with Gasteiger partial charge in [-0.3, -0.25) is 4.72 Å². The van der Waals surface area contributed by atoms with E-state index in [1.54, 1.807) is 18.2 Å². The summed E-state index contributed by atoms with van der Waals surface area (Å²) in [5, 5.41) is 0. The number of hydrogen-bond acceptors (Lipinski definition) is 4. The normalized spacial score (nSPS) is 11.6. The maximum Gasteiger partial charge on any atom is 0.233 e. The Labute approximate surface area is 108 Å². The van der Waals surface area contributed by atoms with Gasteiger partial charge >= 0.3 is 0 Å². The Morgan fingerprint density at radius 2 is 2.06 bits per heavy atom. The third kappa shape index (κ3) is 4.54. The molecule has 5 nitrogen and oxygen atoms in total. The number of sulfonamides is 1. The van der Waals surface area contributed by atoms with Gasteiger partial charge in [0, 0.05) is 12.2 Å². The molecule has 0 aromatic heterocycles. The fourth-order valence-electron chi connectivity index (χ4n) is 1.48. The molecule has 3 N–H and O–H groups in total. The molecule has 1 aromatic rings. The highest BCUT2D eigenvalue weighted by Gasteiger charge is 2.10. The van der Waals surface area contributed by atoms with Crippen LogP contribution in [0.4, 0.5) is 5.69 Å². The smallest absolute Gasteiger partial charge is 0.233 e. The average molecular weight is 272 g/mol. The molecule has 0 saturated heterocycles. The van der Waals surface area contributed by atoms with Crippen molar-refractivity contribution in [3.8, 4) is 5.75 Å². The van der Waals surface area contributed by atoms with E-state index in [2.05, 4.69) is 4.72 Å². The van der Waals surface area contributed by atoms with Crippen molar-refractivity contribution in [2.24, 2.45) is 5.73 Å². The van der Waals surface area contributed by atoms with Crippen LogP contribution in [0, 0.1) is 6.92 Å². The van der Waals surface area contributed by atoms with Crippen LogP contribution in [0.2, 0.25) is 0 Å². The van der Waals surface area contributed by atoms with Gasteiger partial charge in [0.1, 0.15) is 5.75 Å². The highest BCUT2D eigenvalue weighted by atomic mass is 32.2. The lowest BCUT2D eigenvalue weighted by molar-refractivity contribution is 0.241. The zero-order valence-corrected chi connectivity index (χ0v) is 11.8. The number of nitrogens with one attached hydrogen (secondary N) is 1. The molecule has 0 unspecified atom stereocenters. The first-order chi connectivity index (χ1) is 8.34. The molecule has 0 aliphatic heterocycles. The molecule has 0 amide bonds. The Balaban J connectivity index is 2.85. The summed E-state index contributed by atoms with van der Waals surface area (Å²) in [5.41, 5.74) is 6.65. The van der Waals surface area contributed by atoms with Crippen LogP contribution < -0.4 is 15.2 Å². The third-order valence-corrected chi connectivity index (χ3v) is 3.52. The van der Waals surface area contributed by atoms with E-state index in [1.165, 1.54) is 0 Å². The van der Waals surface area contributed by atoms with E-state index in [1.807, 2.05) is 20.8 Å². The molecule has 6 heteroatoms. The molecule has 18 heavy (non-hydrogen) atoms. The van der Waals surface area contributed by atoms with E-state index in [9.17, 15) is 8.42 Å². The lowest BCUT2D eigenvalue weighted by atomic mass is 10.2. The molecule has 1 rings (SSSR count). The van der Waals surface area contributed by atoms with Gasteiger partial charge in [0.2, 0.25) is 10.0 Å². The summed E-state index contributed by atoms with van der Waals surface area (Å²) in [6.07, 6.45) is 0.0866. The average Bonchev–Trinajstić information content (AvgIpc) is 2.20. The van der Waals surface area contributed by atoms with E-state index in [-0.39, 0.29) is 18.4 Å². The summed E-state index contributed by atoms with van der Waals surface area (Å²) in [7, 11) is -3.35. The number of aryl methyl sites for hydroxylation is 1. The van der Waals surface area contributed by atoms with Crippen molar-refractivity contribution in [1.82, 2.24) is 0 Å². The SMILES string of the molecule is Cc1cc(NS(=O)(=O)CCN)ccc1OC(C)C. The van der Waals surface area contributed by atoms with E-state index < -0.39 is 10.0 Å². The third-order valence-electron chi connectivity index (χ3n) is 2.20. The molecule has 0 spiro atoms. The van der Waals surface area contributed by atoms with E-state index in [0.29, 0.717) is 5.69 Å². The summed E-state index contributed by atoms with van der Waals surface area (Å²) in [4.78, 5) is 0. The number of nitrogens with two attached hydrogens (primary N) is 1. The van der Waals surface area contributed by atoms with Crippen LogP contribution in [0.3, 0.4) is 0 Å². The van der Waals surface area contributed by atoms with E-state index in [0.717, 1.165) is 11.3 Å². The van der Waals surface area contributed by atoms with Gasteiger partial charge in [0.25, 0.3) is 0 Å². The van der Waals surface area contributed by atoms with Gasteiger partial charge < -0.3 is 10.5 Å². The molecule has 0 aliphatic carbocycles. The molecule has 0 saturated carbocycles. The first-order valence-electron chi connectivity index (χ1n) is 5.82. The number of hydrogen-bond donors (Lipinski definition) is 2. The molecule has 0 aliphatic rings. The Kier molecular flexibility index (Phi) is 4.98. The number of rotatable bonds is 6. The summed E-state index contributed by atoms with van der Waals surface area (Å²) in [6.45, 7) is 5.86. The van der Waals surface area contributed by atoms with Crippen molar-refractivity contribution in [2.75, 3.05) is 17.0 Å². The Morgan fingerprint density at radius 3 is 2.56 bits per heavy atom. The van der Waals surface area contributed by atoms with Crippen LogP contribution in [0.15, 0.2) is 18.2 Å². The van der Waals surface area contributed by atoms with Gasteiger partial charge in [0.15, 0.2) is 0 Å². The van der Waals surface area contributed by atoms with Crippen LogP contribution in [-0.2, 0) is 10.0 Å². The zero-order valence-electron chi connectivity index (χ0n) is 10.9. The van der Waals surface area contributed by atoms with Gasteiger partial charge in [-0.05, 0) is 44.5 Å². The summed E-state index contributed by atoms with van der Waals surface area (Å²) >= 11 is 0. The first kappa shape index (κ1) is 14.8. The molecular formula is C12H20N2O3S. The van der Waals surface area contributed by atoms with Crippen LogP contribution in [-0.4, -0.2) is 26.8 Å². The van der Waals surface area contributed by atoms with Crippen molar-refractivity contribution >= 4 is 15.7 Å². The Bertz CT molecular complexity index is 498. The fourth-order valence-corrected chi connectivity index (χ4v) is 2.38. The highest BCUT2D eigenvalue weighted by molar-refractivity contribution is 7.92. The summed E-state index contributed by atoms with van der Waals surface area (Å²) in [5.74, 6) is 0.669. The second-order valence-electron chi connectivity index (χ2n) is 4.36. The van der Waals surface area contributed by atoms with Crippen molar-refractivity contribution in [3.05, 3.63) is 23.8 Å². The Morgan fingerprint density at radius 1 is 1.39 bits per heavy atom. The number of ether oxygens (including phenoxy) is 1.